The van der Waals surface area contributed by atoms with Gasteiger partial charge < -0.3 is 24.8 Å². The average Bonchev–Trinajstić information content (AvgIpc) is 2.70. The first-order chi connectivity index (χ1) is 13.4. The lowest BCUT2D eigenvalue weighted by molar-refractivity contribution is -0.137. The highest BCUT2D eigenvalue weighted by Gasteiger charge is 2.26. The van der Waals surface area contributed by atoms with Crippen LogP contribution >= 0.6 is 11.6 Å². The van der Waals surface area contributed by atoms with E-state index in [0.717, 1.165) is 6.42 Å². The first kappa shape index (κ1) is 21.8. The maximum Gasteiger partial charge on any atom is 0.338 e. The van der Waals surface area contributed by atoms with Gasteiger partial charge in [-0.25, -0.2) is 4.79 Å². The van der Waals surface area contributed by atoms with E-state index in [0.29, 0.717) is 44.0 Å². The van der Waals surface area contributed by atoms with Crippen LogP contribution in [0, 0.1) is 5.92 Å². The number of ether oxygens (including phenoxy) is 3. The number of carbonyl (C=O) groups is 3. The molecule has 1 aliphatic rings. The van der Waals surface area contributed by atoms with E-state index in [9.17, 15) is 14.4 Å². The van der Waals surface area contributed by atoms with E-state index in [4.69, 9.17) is 31.5 Å². The van der Waals surface area contributed by atoms with Crippen LogP contribution in [0.1, 0.15) is 36.5 Å². The summed E-state index contributed by atoms with van der Waals surface area (Å²) < 4.78 is 15.9. The monoisotopic (exact) mass is 412 g/mol. The number of nitrogens with zero attached hydrogens (tertiary/aromatic N) is 1. The zero-order chi connectivity index (χ0) is 20.7. The van der Waals surface area contributed by atoms with E-state index >= 15 is 0 Å². The van der Waals surface area contributed by atoms with Crippen molar-refractivity contribution < 1.29 is 28.6 Å². The molecule has 0 aromatic heterocycles. The van der Waals surface area contributed by atoms with Crippen molar-refractivity contribution in [2.45, 2.75) is 26.2 Å². The molecule has 1 aliphatic heterocycles. The Kier molecular flexibility index (Phi) is 7.92. The summed E-state index contributed by atoms with van der Waals surface area (Å²) in [6.07, 6.45) is 1.82. The minimum atomic E-state index is -0.692. The number of benzene rings is 1. The Morgan fingerprint density at radius 1 is 1.25 bits per heavy atom. The second kappa shape index (κ2) is 10.2. The van der Waals surface area contributed by atoms with Crippen LogP contribution in [-0.4, -0.2) is 56.1 Å². The fourth-order valence-corrected chi connectivity index (χ4v) is 3.16. The number of primary amides is 1. The molecule has 28 heavy (non-hydrogen) atoms. The number of piperidine rings is 1. The number of carbonyl (C=O) groups excluding carboxylic acids is 3. The smallest absolute Gasteiger partial charge is 0.338 e. The number of amides is 2. The number of hydrogen-bond acceptors (Lipinski definition) is 6. The highest BCUT2D eigenvalue weighted by Crippen LogP contribution is 2.36. The summed E-state index contributed by atoms with van der Waals surface area (Å²) in [6, 6.07) is 2.88. The van der Waals surface area contributed by atoms with Gasteiger partial charge in [0.2, 0.25) is 5.91 Å². The van der Waals surface area contributed by atoms with Gasteiger partial charge in [-0.3, -0.25) is 9.59 Å². The Morgan fingerprint density at radius 3 is 2.50 bits per heavy atom. The van der Waals surface area contributed by atoms with Crippen molar-refractivity contribution in [3.8, 4) is 11.5 Å². The quantitative estimate of drug-likeness (QED) is 0.654. The standard InChI is InChI=1S/C19H25ClN2O6/c1-3-8-27-17-14(20)9-13(10-15(17)26-2)19(25)28-11-16(23)22-6-4-12(5-7-22)18(21)24/h9-10,12H,3-8,11H2,1-2H3,(H2,21,24). The lowest BCUT2D eigenvalue weighted by atomic mass is 9.96. The molecule has 0 radical (unpaired) electrons. The number of likely N-dealkylation sites (tertiary alicyclic amines) is 1. The molecule has 1 aromatic carbocycles. The number of nitrogens with two attached hydrogens (primary N) is 1. The maximum absolute atomic E-state index is 12.3. The van der Waals surface area contributed by atoms with Gasteiger partial charge in [-0.05, 0) is 31.4 Å². The lowest BCUT2D eigenvalue weighted by Gasteiger charge is -2.30. The number of esters is 1. The van der Waals surface area contributed by atoms with Crippen molar-refractivity contribution in [2.75, 3.05) is 33.4 Å². The molecule has 9 heteroatoms. The van der Waals surface area contributed by atoms with Crippen LogP contribution in [0.3, 0.4) is 0 Å². The molecular weight excluding hydrogens is 388 g/mol. The van der Waals surface area contributed by atoms with Gasteiger partial charge in [0, 0.05) is 19.0 Å². The summed E-state index contributed by atoms with van der Waals surface area (Å²) in [7, 11) is 1.44. The second-order valence-electron chi connectivity index (χ2n) is 6.47. The Morgan fingerprint density at radius 2 is 1.93 bits per heavy atom. The normalized spacial score (nSPS) is 14.5. The molecule has 2 N–H and O–H groups in total. The van der Waals surface area contributed by atoms with Crippen LogP contribution in [0.25, 0.3) is 0 Å². The molecule has 1 aromatic rings. The molecule has 154 valence electrons. The summed E-state index contributed by atoms with van der Waals surface area (Å²) in [4.78, 5) is 37.3. The number of rotatable bonds is 8. The maximum atomic E-state index is 12.3. The molecule has 2 amide bonds. The fraction of sp³-hybridized carbons (Fsp3) is 0.526. The molecule has 1 fully saturated rings. The lowest BCUT2D eigenvalue weighted by Crippen LogP contribution is -2.43. The molecular formula is C19H25ClN2O6. The van der Waals surface area contributed by atoms with Crippen molar-refractivity contribution in [1.29, 1.82) is 0 Å². The Labute approximate surface area is 168 Å². The van der Waals surface area contributed by atoms with Gasteiger partial charge in [-0.2, -0.15) is 0 Å². The number of hydrogen-bond donors (Lipinski definition) is 1. The van der Waals surface area contributed by atoms with Crippen LogP contribution in [0.2, 0.25) is 5.02 Å². The van der Waals surface area contributed by atoms with E-state index in [1.165, 1.54) is 19.2 Å². The van der Waals surface area contributed by atoms with Gasteiger partial charge in [0.1, 0.15) is 0 Å². The minimum Gasteiger partial charge on any atom is -0.493 e. The van der Waals surface area contributed by atoms with Gasteiger partial charge in [0.05, 0.1) is 24.3 Å². The molecule has 2 rings (SSSR count). The largest absolute Gasteiger partial charge is 0.493 e. The van der Waals surface area contributed by atoms with Crippen molar-refractivity contribution in [3.63, 3.8) is 0 Å². The summed E-state index contributed by atoms with van der Waals surface area (Å²) >= 11 is 6.19. The summed E-state index contributed by atoms with van der Waals surface area (Å²) in [5, 5.41) is 0.222. The first-order valence-electron chi connectivity index (χ1n) is 9.11. The molecule has 0 spiro atoms. The van der Waals surface area contributed by atoms with Gasteiger partial charge >= 0.3 is 5.97 Å². The Bertz CT molecular complexity index is 731. The molecule has 0 unspecified atom stereocenters. The summed E-state index contributed by atoms with van der Waals surface area (Å²) in [5.74, 6) is -0.908. The van der Waals surface area contributed by atoms with Crippen LogP contribution < -0.4 is 15.2 Å². The highest BCUT2D eigenvalue weighted by atomic mass is 35.5. The zero-order valence-corrected chi connectivity index (χ0v) is 16.8. The third kappa shape index (κ3) is 5.51. The van der Waals surface area contributed by atoms with E-state index in [-0.39, 0.29) is 28.3 Å². The van der Waals surface area contributed by atoms with Crippen LogP contribution in [0.5, 0.6) is 11.5 Å². The molecule has 8 nitrogen and oxygen atoms in total. The molecule has 0 atom stereocenters. The van der Waals surface area contributed by atoms with Crippen molar-refractivity contribution >= 4 is 29.4 Å². The Hall–Kier alpha value is -2.48. The van der Waals surface area contributed by atoms with E-state index in [2.05, 4.69) is 0 Å². The van der Waals surface area contributed by atoms with Gasteiger partial charge in [0.15, 0.2) is 18.1 Å². The number of halogens is 1. The van der Waals surface area contributed by atoms with Gasteiger partial charge in [-0.1, -0.05) is 18.5 Å². The average molecular weight is 413 g/mol. The van der Waals surface area contributed by atoms with Crippen molar-refractivity contribution in [2.24, 2.45) is 11.7 Å². The topological polar surface area (TPSA) is 108 Å². The second-order valence-corrected chi connectivity index (χ2v) is 6.88. The van der Waals surface area contributed by atoms with Gasteiger partial charge in [0.25, 0.3) is 5.91 Å². The van der Waals surface area contributed by atoms with E-state index < -0.39 is 12.6 Å². The SMILES string of the molecule is CCCOc1c(Cl)cc(C(=O)OCC(=O)N2CCC(C(N)=O)CC2)cc1OC. The first-order valence-corrected chi connectivity index (χ1v) is 9.49. The zero-order valence-electron chi connectivity index (χ0n) is 16.0. The Balaban J connectivity index is 1.95. The molecule has 1 heterocycles. The number of methoxy groups -OCH3 is 1. The minimum absolute atomic E-state index is 0.158. The van der Waals surface area contributed by atoms with Crippen LogP contribution in [-0.2, 0) is 14.3 Å². The fourth-order valence-electron chi connectivity index (χ4n) is 2.90. The molecule has 0 aliphatic carbocycles. The van der Waals surface area contributed by atoms with Crippen LogP contribution in [0.4, 0.5) is 0 Å². The van der Waals surface area contributed by atoms with Crippen molar-refractivity contribution in [3.05, 3.63) is 22.7 Å². The predicted molar refractivity (Wildman–Crippen MR) is 103 cm³/mol. The summed E-state index contributed by atoms with van der Waals surface area (Å²) in [5.41, 5.74) is 5.44. The van der Waals surface area contributed by atoms with Crippen molar-refractivity contribution in [1.82, 2.24) is 4.90 Å². The predicted octanol–water partition coefficient (Wildman–Crippen LogP) is 2.02. The van der Waals surface area contributed by atoms with Gasteiger partial charge in [-0.15, -0.1) is 0 Å². The third-order valence-corrected chi connectivity index (χ3v) is 4.77. The molecule has 0 saturated carbocycles. The summed E-state index contributed by atoms with van der Waals surface area (Å²) in [6.45, 7) is 2.84. The molecule has 0 bridgehead atoms. The third-order valence-electron chi connectivity index (χ3n) is 4.49. The van der Waals surface area contributed by atoms with E-state index in [1.54, 1.807) is 4.90 Å². The van der Waals surface area contributed by atoms with E-state index in [1.807, 2.05) is 6.92 Å². The van der Waals surface area contributed by atoms with Crippen LogP contribution in [0.15, 0.2) is 12.1 Å². The highest BCUT2D eigenvalue weighted by molar-refractivity contribution is 6.32. The molecule has 1 saturated heterocycles.